The average Bonchev–Trinajstić information content (AvgIpc) is 2.78. The van der Waals surface area contributed by atoms with Crippen LogP contribution in [0.3, 0.4) is 0 Å². The number of methoxy groups -OCH3 is 1. The van der Waals surface area contributed by atoms with Crippen LogP contribution in [0.1, 0.15) is 51.2 Å². The lowest BCUT2D eigenvalue weighted by Gasteiger charge is -2.47. The van der Waals surface area contributed by atoms with Gasteiger partial charge in [0.1, 0.15) is 5.75 Å². The normalized spacial score (nSPS) is 20.7. The molecule has 2 aliphatic rings. The Morgan fingerprint density at radius 2 is 1.87 bits per heavy atom. The molecule has 5 nitrogen and oxygen atoms in total. The van der Waals surface area contributed by atoms with E-state index in [1.54, 1.807) is 7.11 Å². The highest BCUT2D eigenvalue weighted by Crippen LogP contribution is 2.45. The Morgan fingerprint density at radius 3 is 2.52 bits per heavy atom. The van der Waals surface area contributed by atoms with Crippen LogP contribution in [0.15, 0.2) is 41.4 Å². The molecule has 0 radical (unpaired) electrons. The van der Waals surface area contributed by atoms with Crippen molar-refractivity contribution >= 4 is 23.3 Å². The summed E-state index contributed by atoms with van der Waals surface area (Å²) in [7, 11) is 1.74. The number of hydrogen-bond acceptors (Lipinski definition) is 5. The third-order valence-corrected chi connectivity index (χ3v) is 6.63. The van der Waals surface area contributed by atoms with Crippen LogP contribution in [0.25, 0.3) is 0 Å². The molecule has 2 aromatic rings. The first-order valence-electron chi connectivity index (χ1n) is 11.4. The highest BCUT2D eigenvalue weighted by molar-refractivity contribution is 5.88. The Hall–Kier alpha value is -2.53. The summed E-state index contributed by atoms with van der Waals surface area (Å²) in [5.74, 6) is 1.37. The quantitative estimate of drug-likeness (QED) is 0.606. The van der Waals surface area contributed by atoms with Crippen LogP contribution in [0.5, 0.6) is 5.75 Å². The fourth-order valence-corrected chi connectivity index (χ4v) is 5.12. The Balaban J connectivity index is 1.60. The predicted molar refractivity (Wildman–Crippen MR) is 130 cm³/mol. The lowest BCUT2D eigenvalue weighted by molar-refractivity contribution is 0.122. The zero-order valence-corrected chi connectivity index (χ0v) is 19.5. The molecule has 0 saturated carbocycles. The minimum Gasteiger partial charge on any atom is -0.496 e. The van der Waals surface area contributed by atoms with Crippen molar-refractivity contribution < 1.29 is 9.47 Å². The number of ether oxygens (including phenoxy) is 2. The summed E-state index contributed by atoms with van der Waals surface area (Å²) in [5, 5.41) is 0. The van der Waals surface area contributed by atoms with E-state index in [0.29, 0.717) is 5.92 Å². The molecule has 0 amide bonds. The summed E-state index contributed by atoms with van der Waals surface area (Å²) in [6.07, 6.45) is 3.07. The second kappa shape index (κ2) is 8.91. The largest absolute Gasteiger partial charge is 0.496 e. The van der Waals surface area contributed by atoms with E-state index in [-0.39, 0.29) is 5.54 Å². The molecule has 0 aromatic heterocycles. The van der Waals surface area contributed by atoms with Crippen molar-refractivity contribution in [3.8, 4) is 5.75 Å². The lowest BCUT2D eigenvalue weighted by Crippen LogP contribution is -2.48. The van der Waals surface area contributed by atoms with Gasteiger partial charge in [-0.15, -0.1) is 0 Å². The molecule has 1 saturated heterocycles. The van der Waals surface area contributed by atoms with E-state index < -0.39 is 0 Å². The third-order valence-electron chi connectivity index (χ3n) is 6.63. The predicted octanol–water partition coefficient (Wildman–Crippen LogP) is 5.39. The molecule has 0 N–H and O–H groups in total. The molecule has 0 spiro atoms. The number of benzene rings is 2. The topological polar surface area (TPSA) is 37.3 Å². The first-order chi connectivity index (χ1) is 14.9. The molecule has 2 aromatic carbocycles. The number of nitrogens with zero attached hydrogens (tertiary/aromatic N) is 3. The molecule has 166 valence electrons. The van der Waals surface area contributed by atoms with Gasteiger partial charge in [0.05, 0.1) is 26.0 Å². The van der Waals surface area contributed by atoms with Gasteiger partial charge in [-0.3, -0.25) is 4.99 Å². The van der Waals surface area contributed by atoms with E-state index in [9.17, 15) is 0 Å². The summed E-state index contributed by atoms with van der Waals surface area (Å²) in [5.41, 5.74) is 6.01. The molecular formula is C26H35N3O2. The summed E-state index contributed by atoms with van der Waals surface area (Å²) < 4.78 is 11.2. The van der Waals surface area contributed by atoms with E-state index in [0.717, 1.165) is 56.3 Å². The van der Waals surface area contributed by atoms with Crippen LogP contribution in [-0.2, 0) is 4.74 Å². The molecule has 31 heavy (non-hydrogen) atoms. The maximum Gasteiger partial charge on any atom is 0.129 e. The molecule has 2 aliphatic heterocycles. The van der Waals surface area contributed by atoms with Gasteiger partial charge >= 0.3 is 0 Å². The van der Waals surface area contributed by atoms with Gasteiger partial charge in [-0.1, -0.05) is 6.92 Å². The fraction of sp³-hybridized carbons (Fsp3) is 0.500. The van der Waals surface area contributed by atoms with E-state index in [1.165, 1.54) is 16.9 Å². The Kier molecular flexibility index (Phi) is 6.24. The van der Waals surface area contributed by atoms with Gasteiger partial charge in [-0.25, -0.2) is 0 Å². The zero-order chi connectivity index (χ0) is 22.0. The Bertz CT molecular complexity index is 930. The van der Waals surface area contributed by atoms with Crippen molar-refractivity contribution in [2.75, 3.05) is 49.8 Å². The number of aliphatic imine (C=N–C) groups is 1. The molecule has 1 unspecified atom stereocenters. The van der Waals surface area contributed by atoms with Crippen molar-refractivity contribution in [2.24, 2.45) is 4.99 Å². The van der Waals surface area contributed by atoms with E-state index in [1.807, 2.05) is 6.21 Å². The van der Waals surface area contributed by atoms with Crippen LogP contribution in [-0.4, -0.2) is 51.7 Å². The standard InChI is InChI=1S/C26H35N3O2/c1-6-29-24-16-25(30-5)20(15-23(24)19(2)17-26(29,3)4)18-27-21-7-9-22(10-8-21)28-11-13-31-14-12-28/h7-10,15-16,18-19H,6,11-14,17H2,1-5H3. The maximum atomic E-state index is 5.76. The van der Waals surface area contributed by atoms with Gasteiger partial charge in [0.15, 0.2) is 0 Å². The van der Waals surface area contributed by atoms with Crippen LogP contribution in [0.4, 0.5) is 17.1 Å². The van der Waals surface area contributed by atoms with E-state index >= 15 is 0 Å². The van der Waals surface area contributed by atoms with Crippen molar-refractivity contribution in [1.29, 1.82) is 0 Å². The first kappa shape index (κ1) is 21.7. The first-order valence-corrected chi connectivity index (χ1v) is 11.4. The molecule has 1 fully saturated rings. The molecule has 0 bridgehead atoms. The summed E-state index contributed by atoms with van der Waals surface area (Å²) in [6, 6.07) is 12.9. The minimum absolute atomic E-state index is 0.143. The van der Waals surface area contributed by atoms with Crippen molar-refractivity contribution in [3.05, 3.63) is 47.5 Å². The Morgan fingerprint density at radius 1 is 1.16 bits per heavy atom. The van der Waals surface area contributed by atoms with E-state index in [4.69, 9.17) is 14.5 Å². The number of anilines is 2. The third kappa shape index (κ3) is 4.42. The maximum absolute atomic E-state index is 5.76. The van der Waals surface area contributed by atoms with Crippen molar-refractivity contribution in [1.82, 2.24) is 0 Å². The second-order valence-electron chi connectivity index (χ2n) is 9.19. The number of fused-ring (bicyclic) bond motifs is 1. The second-order valence-corrected chi connectivity index (χ2v) is 9.19. The average molecular weight is 422 g/mol. The molecule has 0 aliphatic carbocycles. The molecular weight excluding hydrogens is 386 g/mol. The molecule has 4 rings (SSSR count). The highest BCUT2D eigenvalue weighted by Gasteiger charge is 2.36. The van der Waals surface area contributed by atoms with Gasteiger partial charge in [0.2, 0.25) is 0 Å². The number of hydrogen-bond donors (Lipinski definition) is 0. The van der Waals surface area contributed by atoms with Gasteiger partial charge in [-0.05, 0) is 69.0 Å². The molecule has 1 atom stereocenters. The molecule has 5 heteroatoms. The zero-order valence-electron chi connectivity index (χ0n) is 19.5. The number of morpholine rings is 1. The van der Waals surface area contributed by atoms with Crippen molar-refractivity contribution in [2.45, 2.75) is 45.6 Å². The van der Waals surface area contributed by atoms with Crippen molar-refractivity contribution in [3.63, 3.8) is 0 Å². The van der Waals surface area contributed by atoms with Crippen LogP contribution >= 0.6 is 0 Å². The Labute approximate surface area is 186 Å². The summed E-state index contributed by atoms with van der Waals surface area (Å²) in [6.45, 7) is 13.7. The van der Waals surface area contributed by atoms with Crippen LogP contribution in [0.2, 0.25) is 0 Å². The smallest absolute Gasteiger partial charge is 0.129 e. The summed E-state index contributed by atoms with van der Waals surface area (Å²) >= 11 is 0. The molecule has 2 heterocycles. The van der Waals surface area contributed by atoms with Gasteiger partial charge < -0.3 is 19.3 Å². The van der Waals surface area contributed by atoms with Gasteiger partial charge in [0.25, 0.3) is 0 Å². The fourth-order valence-electron chi connectivity index (χ4n) is 5.12. The lowest BCUT2D eigenvalue weighted by atomic mass is 9.79. The minimum atomic E-state index is 0.143. The monoisotopic (exact) mass is 421 g/mol. The van der Waals surface area contributed by atoms with Crippen LogP contribution in [0, 0.1) is 0 Å². The van der Waals surface area contributed by atoms with E-state index in [2.05, 4.69) is 73.9 Å². The highest BCUT2D eigenvalue weighted by atomic mass is 16.5. The van der Waals surface area contributed by atoms with Gasteiger partial charge in [-0.2, -0.15) is 0 Å². The van der Waals surface area contributed by atoms with Gasteiger partial charge in [0, 0.05) is 54.4 Å². The summed E-state index contributed by atoms with van der Waals surface area (Å²) in [4.78, 5) is 9.60. The number of rotatable bonds is 5. The SMILES string of the molecule is CCN1c2cc(OC)c(C=Nc3ccc(N4CCOCC4)cc3)cc2C(C)CC1(C)C. The van der Waals surface area contributed by atoms with Crippen LogP contribution < -0.4 is 14.5 Å².